The summed E-state index contributed by atoms with van der Waals surface area (Å²) in [4.78, 5) is 30.3. The summed E-state index contributed by atoms with van der Waals surface area (Å²) >= 11 is 12.3. The van der Waals surface area contributed by atoms with Gasteiger partial charge in [0.15, 0.2) is 0 Å². The smallest absolute Gasteiger partial charge is 0.240 e. The maximum Gasteiger partial charge on any atom is 0.240 e. The average Bonchev–Trinajstić information content (AvgIpc) is 3.31. The van der Waals surface area contributed by atoms with E-state index in [-0.39, 0.29) is 77.0 Å². The molecule has 0 aliphatic carbocycles. The Hall–Kier alpha value is -2.81. The van der Waals surface area contributed by atoms with Gasteiger partial charge in [0.1, 0.15) is 17.0 Å². The first-order valence-corrected chi connectivity index (χ1v) is 16.4. The predicted octanol–water partition coefficient (Wildman–Crippen LogP) is 5.04. The Morgan fingerprint density at radius 3 is 2.33 bits per heavy atom. The second-order valence-corrected chi connectivity index (χ2v) is 14.3. The molecule has 4 rings (SSSR count). The molecule has 0 aromatic heterocycles. The van der Waals surface area contributed by atoms with Crippen LogP contribution in [0.4, 0.5) is 8.78 Å². The van der Waals surface area contributed by atoms with Crippen molar-refractivity contribution >= 4 is 35.0 Å². The van der Waals surface area contributed by atoms with Crippen molar-refractivity contribution in [3.8, 4) is 6.07 Å². The van der Waals surface area contributed by atoms with E-state index in [1.807, 2.05) is 20.8 Å². The molecule has 4 unspecified atom stereocenters. The van der Waals surface area contributed by atoms with Crippen LogP contribution in [0.25, 0.3) is 0 Å². The number of halogens is 4. The van der Waals surface area contributed by atoms with E-state index in [9.17, 15) is 25.1 Å². The van der Waals surface area contributed by atoms with Gasteiger partial charge in [0, 0.05) is 55.1 Å². The zero-order valence-electron chi connectivity index (χ0n) is 26.4. The van der Waals surface area contributed by atoms with E-state index < -0.39 is 35.1 Å². The standard InChI is InChI=1S/C34H42Cl2F2N4O4/c1-33(2,3)19-27-34(20-39,24-8-7-22(35)18-26(24)37)29(23-5-4-6-25(36)30(23)38)31(40-27)32(46)42-11-9-21(10-12-42)17-28(45)41(13-15-43)14-16-44/h4-8,18,21,27,29,31,40,43-44H,9-17,19H2,1-3H3. The molecule has 0 radical (unpaired) electrons. The number of rotatable bonds is 10. The molecule has 2 saturated heterocycles. The molecule has 4 atom stereocenters. The van der Waals surface area contributed by atoms with Crippen LogP contribution in [0.1, 0.15) is 63.5 Å². The molecular formula is C34H42Cl2F2N4O4. The van der Waals surface area contributed by atoms with Crippen LogP contribution in [0.2, 0.25) is 10.0 Å². The summed E-state index contributed by atoms with van der Waals surface area (Å²) in [5.41, 5.74) is -2.00. The van der Waals surface area contributed by atoms with E-state index in [1.165, 1.54) is 29.2 Å². The van der Waals surface area contributed by atoms with Crippen molar-refractivity contribution in [2.45, 2.75) is 69.9 Å². The number of carbonyl (C=O) groups is 2. The number of carbonyl (C=O) groups excluding carboxylic acids is 2. The topological polar surface area (TPSA) is 117 Å². The van der Waals surface area contributed by atoms with Crippen LogP contribution in [-0.4, -0.2) is 83.3 Å². The van der Waals surface area contributed by atoms with E-state index >= 15 is 8.78 Å². The van der Waals surface area contributed by atoms with Crippen LogP contribution in [0.5, 0.6) is 0 Å². The lowest BCUT2D eigenvalue weighted by molar-refractivity contribution is -0.136. The van der Waals surface area contributed by atoms with Gasteiger partial charge in [-0.2, -0.15) is 5.26 Å². The largest absolute Gasteiger partial charge is 0.395 e. The molecule has 2 aromatic carbocycles. The van der Waals surface area contributed by atoms with Crippen LogP contribution >= 0.6 is 23.2 Å². The first-order valence-electron chi connectivity index (χ1n) is 15.6. The minimum atomic E-state index is -1.71. The maximum absolute atomic E-state index is 15.9. The number of nitriles is 1. The van der Waals surface area contributed by atoms with E-state index in [4.69, 9.17) is 23.2 Å². The lowest BCUT2D eigenvalue weighted by Crippen LogP contribution is -2.50. The van der Waals surface area contributed by atoms with Crippen LogP contribution in [0.15, 0.2) is 36.4 Å². The lowest BCUT2D eigenvalue weighted by Gasteiger charge is -2.38. The lowest BCUT2D eigenvalue weighted by atomic mass is 9.62. The van der Waals surface area contributed by atoms with Gasteiger partial charge in [-0.3, -0.25) is 9.59 Å². The van der Waals surface area contributed by atoms with Crippen molar-refractivity contribution in [2.75, 3.05) is 39.4 Å². The minimum Gasteiger partial charge on any atom is -0.395 e. The first-order chi connectivity index (χ1) is 21.8. The highest BCUT2D eigenvalue weighted by Gasteiger charge is 2.61. The van der Waals surface area contributed by atoms with Crippen molar-refractivity contribution < 1.29 is 28.6 Å². The summed E-state index contributed by atoms with van der Waals surface area (Å²) in [5.74, 6) is -3.16. The Bertz CT molecular complexity index is 1450. The normalized spacial score (nSPS) is 23.7. The Labute approximate surface area is 279 Å². The number of piperidine rings is 1. The highest BCUT2D eigenvalue weighted by Crippen LogP contribution is 2.53. The van der Waals surface area contributed by atoms with Crippen LogP contribution in [0.3, 0.4) is 0 Å². The number of hydrogen-bond donors (Lipinski definition) is 3. The van der Waals surface area contributed by atoms with Crippen molar-refractivity contribution in [1.29, 1.82) is 5.26 Å². The SMILES string of the molecule is CC(C)(C)CC1NC(C(=O)N2CCC(CC(=O)N(CCO)CCO)CC2)C(c2cccc(Cl)c2F)C1(C#N)c1ccc(Cl)cc1F. The first kappa shape index (κ1) is 36.0. The van der Waals surface area contributed by atoms with Gasteiger partial charge >= 0.3 is 0 Å². The number of nitrogens with zero attached hydrogens (tertiary/aromatic N) is 3. The third-order valence-electron chi connectivity index (χ3n) is 9.20. The number of amides is 2. The quantitative estimate of drug-likeness (QED) is 0.325. The minimum absolute atomic E-state index is 0.0101. The third-order valence-corrected chi connectivity index (χ3v) is 9.72. The van der Waals surface area contributed by atoms with Gasteiger partial charge in [-0.05, 0) is 54.4 Å². The molecule has 2 aliphatic rings. The van der Waals surface area contributed by atoms with Crippen LogP contribution < -0.4 is 5.32 Å². The van der Waals surface area contributed by atoms with E-state index in [2.05, 4.69) is 11.4 Å². The second-order valence-electron chi connectivity index (χ2n) is 13.5. The Morgan fingerprint density at radius 2 is 1.76 bits per heavy atom. The molecule has 2 aliphatic heterocycles. The molecule has 2 heterocycles. The number of aliphatic hydroxyl groups is 2. The van der Waals surface area contributed by atoms with Crippen molar-refractivity contribution in [3.63, 3.8) is 0 Å². The Kier molecular flexibility index (Phi) is 11.7. The van der Waals surface area contributed by atoms with Gasteiger partial charge in [0.2, 0.25) is 11.8 Å². The molecule has 0 bridgehead atoms. The predicted molar refractivity (Wildman–Crippen MR) is 172 cm³/mol. The van der Waals surface area contributed by atoms with E-state index in [0.29, 0.717) is 32.4 Å². The molecule has 3 N–H and O–H groups in total. The molecule has 250 valence electrons. The van der Waals surface area contributed by atoms with E-state index in [1.54, 1.807) is 11.0 Å². The summed E-state index contributed by atoms with van der Waals surface area (Å²) in [6, 6.07) is 9.03. The fraction of sp³-hybridized carbons (Fsp3) is 0.559. The van der Waals surface area contributed by atoms with E-state index in [0.717, 1.165) is 6.07 Å². The zero-order valence-corrected chi connectivity index (χ0v) is 27.9. The van der Waals surface area contributed by atoms with Crippen molar-refractivity contribution in [1.82, 2.24) is 15.1 Å². The summed E-state index contributed by atoms with van der Waals surface area (Å²) in [6.45, 7) is 6.46. The molecule has 0 spiro atoms. The Morgan fingerprint density at radius 1 is 1.11 bits per heavy atom. The number of likely N-dealkylation sites (tertiary alicyclic amines) is 1. The molecule has 2 aromatic rings. The van der Waals surface area contributed by atoms with Crippen LogP contribution in [0, 0.1) is 34.3 Å². The number of nitrogens with one attached hydrogen (secondary N) is 1. The molecule has 8 nitrogen and oxygen atoms in total. The van der Waals surface area contributed by atoms with Gasteiger partial charge in [-0.15, -0.1) is 0 Å². The monoisotopic (exact) mass is 678 g/mol. The van der Waals surface area contributed by atoms with Gasteiger partial charge in [0.25, 0.3) is 0 Å². The van der Waals surface area contributed by atoms with Crippen LogP contribution in [-0.2, 0) is 15.0 Å². The fourth-order valence-electron chi connectivity index (χ4n) is 7.08. The summed E-state index contributed by atoms with van der Waals surface area (Å²) < 4.78 is 31.8. The maximum atomic E-state index is 15.9. The summed E-state index contributed by atoms with van der Waals surface area (Å²) in [6.07, 6.45) is 1.66. The highest BCUT2D eigenvalue weighted by molar-refractivity contribution is 6.31. The molecular weight excluding hydrogens is 637 g/mol. The molecule has 46 heavy (non-hydrogen) atoms. The van der Waals surface area contributed by atoms with Crippen molar-refractivity contribution in [3.05, 3.63) is 69.2 Å². The number of benzene rings is 2. The average molecular weight is 680 g/mol. The fourth-order valence-corrected chi connectivity index (χ4v) is 7.42. The summed E-state index contributed by atoms with van der Waals surface area (Å²) in [7, 11) is 0. The summed E-state index contributed by atoms with van der Waals surface area (Å²) in [5, 5.41) is 33.0. The van der Waals surface area contributed by atoms with Gasteiger partial charge in [-0.25, -0.2) is 8.78 Å². The van der Waals surface area contributed by atoms with Gasteiger partial charge in [0.05, 0.1) is 30.3 Å². The van der Waals surface area contributed by atoms with Crippen molar-refractivity contribution in [2.24, 2.45) is 11.3 Å². The van der Waals surface area contributed by atoms with Gasteiger partial charge in [-0.1, -0.05) is 62.2 Å². The molecule has 2 amide bonds. The van der Waals surface area contributed by atoms with Gasteiger partial charge < -0.3 is 25.3 Å². The number of aliphatic hydroxyl groups excluding tert-OH is 2. The number of hydrogen-bond acceptors (Lipinski definition) is 6. The molecule has 12 heteroatoms. The third kappa shape index (κ3) is 7.50. The molecule has 0 saturated carbocycles. The zero-order chi connectivity index (χ0) is 33.8. The Balaban J connectivity index is 1.72. The highest BCUT2D eigenvalue weighted by atomic mass is 35.5. The second kappa shape index (κ2) is 15.0. The molecule has 2 fully saturated rings.